The van der Waals surface area contributed by atoms with Crippen LogP contribution in [0, 0.1) is 19.7 Å². The quantitative estimate of drug-likeness (QED) is 0.788. The summed E-state index contributed by atoms with van der Waals surface area (Å²) in [5.41, 5.74) is 1.20. The second-order valence-electron chi connectivity index (χ2n) is 5.06. The van der Waals surface area contributed by atoms with Crippen LogP contribution in [0.2, 0.25) is 0 Å². The van der Waals surface area contributed by atoms with Crippen LogP contribution in [-0.2, 0) is 10.0 Å². The van der Waals surface area contributed by atoms with E-state index in [1.54, 1.807) is 19.1 Å². The molecule has 3 aromatic rings. The van der Waals surface area contributed by atoms with Gasteiger partial charge in [0.15, 0.2) is 17.2 Å². The van der Waals surface area contributed by atoms with E-state index in [9.17, 15) is 17.9 Å². The molecule has 114 valence electrons. The fourth-order valence-electron chi connectivity index (χ4n) is 2.33. The third kappa shape index (κ3) is 2.05. The molecule has 0 bridgehead atoms. The van der Waals surface area contributed by atoms with Gasteiger partial charge >= 0.3 is 0 Å². The molecule has 1 aromatic carbocycles. The number of benzene rings is 1. The van der Waals surface area contributed by atoms with Gasteiger partial charge in [-0.25, -0.2) is 21.8 Å². The summed E-state index contributed by atoms with van der Waals surface area (Å²) in [4.78, 5) is 3.96. The molecule has 0 radical (unpaired) electrons. The molecule has 0 saturated heterocycles. The lowest BCUT2D eigenvalue weighted by molar-refractivity contribution is 0.433. The van der Waals surface area contributed by atoms with Gasteiger partial charge in [-0.15, -0.1) is 0 Å². The average molecular weight is 320 g/mol. The second kappa shape index (κ2) is 4.81. The maximum Gasteiger partial charge on any atom is 0.269 e. The van der Waals surface area contributed by atoms with Gasteiger partial charge in [0, 0.05) is 5.69 Å². The number of aryl methyl sites for hydroxylation is 2. The topological polar surface area (TPSA) is 72.2 Å². The minimum Gasteiger partial charge on any atom is -0.504 e. The number of rotatable bonds is 2. The zero-order valence-corrected chi connectivity index (χ0v) is 12.7. The predicted octanol–water partition coefficient (Wildman–Crippen LogP) is 2.73. The molecule has 1 N–H and O–H groups in total. The Morgan fingerprint density at radius 3 is 2.45 bits per heavy atom. The first kappa shape index (κ1) is 14.5. The van der Waals surface area contributed by atoms with E-state index >= 15 is 0 Å². The van der Waals surface area contributed by atoms with Crippen LogP contribution in [0.3, 0.4) is 0 Å². The zero-order valence-electron chi connectivity index (χ0n) is 11.9. The van der Waals surface area contributed by atoms with Gasteiger partial charge in [-0.2, -0.15) is 0 Å². The summed E-state index contributed by atoms with van der Waals surface area (Å²) >= 11 is 0. The van der Waals surface area contributed by atoms with Crippen LogP contribution in [0.5, 0.6) is 5.75 Å². The van der Waals surface area contributed by atoms with E-state index in [1.165, 1.54) is 18.2 Å². The van der Waals surface area contributed by atoms with Gasteiger partial charge in [0.05, 0.1) is 16.5 Å². The lowest BCUT2D eigenvalue weighted by Crippen LogP contribution is -2.14. The van der Waals surface area contributed by atoms with Gasteiger partial charge in [-0.1, -0.05) is 17.7 Å². The summed E-state index contributed by atoms with van der Waals surface area (Å²) in [6, 6.07) is 7.71. The van der Waals surface area contributed by atoms with E-state index in [0.717, 1.165) is 15.7 Å². The monoisotopic (exact) mass is 320 g/mol. The number of fused-ring (bicyclic) bond motifs is 1. The van der Waals surface area contributed by atoms with Crippen molar-refractivity contribution in [2.75, 3.05) is 0 Å². The van der Waals surface area contributed by atoms with Gasteiger partial charge in [0.2, 0.25) is 0 Å². The number of halogens is 1. The average Bonchev–Trinajstić information content (AvgIpc) is 2.81. The molecule has 22 heavy (non-hydrogen) atoms. The molecule has 0 saturated carbocycles. The van der Waals surface area contributed by atoms with E-state index < -0.39 is 21.6 Å². The third-order valence-corrected chi connectivity index (χ3v) is 5.25. The Morgan fingerprint density at radius 1 is 1.18 bits per heavy atom. The predicted molar refractivity (Wildman–Crippen MR) is 79.9 cm³/mol. The smallest absolute Gasteiger partial charge is 0.269 e. The number of hydrogen-bond acceptors (Lipinski definition) is 4. The molecule has 5 nitrogen and oxygen atoms in total. The number of aromatic hydroxyl groups is 1. The first-order valence-corrected chi connectivity index (χ1v) is 7.94. The third-order valence-electron chi connectivity index (χ3n) is 3.44. The summed E-state index contributed by atoms with van der Waals surface area (Å²) < 4.78 is 40.5. The lowest BCUT2D eigenvalue weighted by Gasteiger charge is -2.09. The van der Waals surface area contributed by atoms with Crippen molar-refractivity contribution in [2.45, 2.75) is 18.7 Å². The van der Waals surface area contributed by atoms with E-state index in [2.05, 4.69) is 4.98 Å². The second-order valence-corrected chi connectivity index (χ2v) is 6.85. The molecule has 2 heterocycles. The Kier molecular flexibility index (Phi) is 3.17. The van der Waals surface area contributed by atoms with Gasteiger partial charge in [-0.05, 0) is 32.0 Å². The molecule has 0 aliphatic heterocycles. The standard InChI is InChI=1S/C15H13FN2O3S/c1-9-3-5-11(6-4-9)22(20,21)18-10(2)7-12-14(16)13(19)8-17-15(12)18/h3-8,19H,1-2H3. The molecular weight excluding hydrogens is 307 g/mol. The van der Waals surface area contributed by atoms with Crippen molar-refractivity contribution in [3.8, 4) is 5.75 Å². The molecule has 0 fully saturated rings. The summed E-state index contributed by atoms with van der Waals surface area (Å²) in [6.45, 7) is 3.40. The molecule has 3 rings (SSSR count). The summed E-state index contributed by atoms with van der Waals surface area (Å²) in [6.07, 6.45) is 0.901. The zero-order chi connectivity index (χ0) is 16.1. The van der Waals surface area contributed by atoms with Crippen LogP contribution >= 0.6 is 0 Å². The molecule has 7 heteroatoms. The highest BCUT2D eigenvalue weighted by Gasteiger charge is 2.24. The number of hydrogen-bond donors (Lipinski definition) is 1. The van der Waals surface area contributed by atoms with E-state index in [4.69, 9.17) is 0 Å². The SMILES string of the molecule is Cc1ccc(S(=O)(=O)n2c(C)cc3c(F)c(O)cnc32)cc1. The van der Waals surface area contributed by atoms with E-state index in [-0.39, 0.29) is 15.9 Å². The molecule has 0 aliphatic carbocycles. The highest BCUT2D eigenvalue weighted by Crippen LogP contribution is 2.29. The van der Waals surface area contributed by atoms with Gasteiger partial charge in [0.1, 0.15) is 0 Å². The molecular formula is C15H13FN2O3S. The fraction of sp³-hybridized carbons (Fsp3) is 0.133. The van der Waals surface area contributed by atoms with Crippen molar-refractivity contribution in [2.24, 2.45) is 0 Å². The van der Waals surface area contributed by atoms with Crippen LogP contribution in [0.25, 0.3) is 11.0 Å². The summed E-state index contributed by atoms with van der Waals surface area (Å²) in [5.74, 6) is -1.50. The molecule has 0 aliphatic rings. The summed E-state index contributed by atoms with van der Waals surface area (Å²) in [5, 5.41) is 9.34. The number of aromatic nitrogens is 2. The van der Waals surface area contributed by atoms with Gasteiger partial charge in [0.25, 0.3) is 10.0 Å². The van der Waals surface area contributed by atoms with Crippen molar-refractivity contribution >= 4 is 21.1 Å². The van der Waals surface area contributed by atoms with Crippen LogP contribution in [0.4, 0.5) is 4.39 Å². The van der Waals surface area contributed by atoms with Crippen LogP contribution in [0.15, 0.2) is 41.4 Å². The van der Waals surface area contributed by atoms with Crippen molar-refractivity contribution in [1.29, 1.82) is 0 Å². The maximum absolute atomic E-state index is 13.9. The van der Waals surface area contributed by atoms with Crippen LogP contribution in [0.1, 0.15) is 11.3 Å². The highest BCUT2D eigenvalue weighted by molar-refractivity contribution is 7.90. The molecule has 0 unspecified atom stereocenters. The van der Waals surface area contributed by atoms with Crippen molar-refractivity contribution in [1.82, 2.24) is 8.96 Å². The van der Waals surface area contributed by atoms with Crippen LogP contribution in [-0.4, -0.2) is 22.5 Å². The van der Waals surface area contributed by atoms with Crippen molar-refractivity contribution < 1.29 is 17.9 Å². The Balaban J connectivity index is 2.32. The lowest BCUT2D eigenvalue weighted by atomic mass is 10.2. The number of pyridine rings is 1. The first-order chi connectivity index (χ1) is 10.3. The largest absolute Gasteiger partial charge is 0.504 e. The molecule has 0 amide bonds. The minimum absolute atomic E-state index is 0.0341. The van der Waals surface area contributed by atoms with Crippen LogP contribution < -0.4 is 0 Å². The Morgan fingerprint density at radius 2 is 1.82 bits per heavy atom. The first-order valence-electron chi connectivity index (χ1n) is 6.50. The summed E-state index contributed by atoms with van der Waals surface area (Å²) in [7, 11) is -3.89. The van der Waals surface area contributed by atoms with Crippen molar-refractivity contribution in [3.05, 3.63) is 53.6 Å². The molecule has 0 spiro atoms. The highest BCUT2D eigenvalue weighted by atomic mass is 32.2. The van der Waals surface area contributed by atoms with Crippen molar-refractivity contribution in [3.63, 3.8) is 0 Å². The van der Waals surface area contributed by atoms with Gasteiger partial charge < -0.3 is 5.11 Å². The molecule has 2 aromatic heterocycles. The Labute approximate surface area is 126 Å². The van der Waals surface area contributed by atoms with E-state index in [1.807, 2.05) is 6.92 Å². The number of nitrogens with zero attached hydrogens (tertiary/aromatic N) is 2. The normalized spacial score (nSPS) is 12.0. The maximum atomic E-state index is 13.9. The minimum atomic E-state index is -3.89. The Bertz CT molecular complexity index is 976. The fourth-order valence-corrected chi connectivity index (χ4v) is 3.82. The van der Waals surface area contributed by atoms with Gasteiger partial charge in [-0.3, -0.25) is 0 Å². The molecule has 0 atom stereocenters. The van der Waals surface area contributed by atoms with E-state index in [0.29, 0.717) is 5.69 Å². The Hall–Kier alpha value is -2.41.